The molecule has 0 aliphatic carbocycles. The van der Waals surface area contributed by atoms with Crippen molar-refractivity contribution in [3.8, 4) is 0 Å². The molecular formula is C4H10CsO. The van der Waals surface area contributed by atoms with Crippen molar-refractivity contribution in [2.24, 2.45) is 0 Å². The molecule has 0 rings (SSSR count). The fourth-order valence-corrected chi connectivity index (χ4v) is 0.158. The third-order valence-corrected chi connectivity index (χ3v) is 0.512. The molecule has 1 radical (unpaired) electrons. The maximum absolute atomic E-state index is 8.07. The molecule has 0 saturated carbocycles. The van der Waals surface area contributed by atoms with E-state index in [1.54, 1.807) is 0 Å². The molecule has 0 aromatic rings. The van der Waals surface area contributed by atoms with Gasteiger partial charge in [0, 0.05) is 75.5 Å². The van der Waals surface area contributed by atoms with E-state index in [0.717, 1.165) is 12.8 Å². The van der Waals surface area contributed by atoms with Gasteiger partial charge in [0.05, 0.1) is 0 Å². The Bertz CT molecular complexity index is 15.0. The molecule has 0 unspecified atom stereocenters. The molecule has 0 spiro atoms. The van der Waals surface area contributed by atoms with Crippen molar-refractivity contribution >= 4 is 68.9 Å². The first-order valence-corrected chi connectivity index (χ1v) is 2.02. The fourth-order valence-electron chi connectivity index (χ4n) is 0.158. The molecule has 2 heteroatoms. The fraction of sp³-hybridized carbons (Fsp3) is 1.00. The predicted molar refractivity (Wildman–Crippen MR) is 27.7 cm³/mol. The van der Waals surface area contributed by atoms with Gasteiger partial charge in [-0.1, -0.05) is 13.3 Å². The number of rotatable bonds is 2. The zero-order chi connectivity index (χ0) is 4.12. The van der Waals surface area contributed by atoms with Crippen molar-refractivity contribution in [2.75, 3.05) is 6.61 Å². The molecule has 0 amide bonds. The smallest absolute Gasteiger partial charge is 0.0430 e. The zero-order valence-corrected chi connectivity index (χ0v) is 10.8. The summed E-state index contributed by atoms with van der Waals surface area (Å²) in [6.07, 6.45) is 2.04. The summed E-state index contributed by atoms with van der Waals surface area (Å²) in [5.74, 6) is 0. The van der Waals surface area contributed by atoms with E-state index in [9.17, 15) is 0 Å². The molecule has 0 heterocycles. The molecule has 0 aliphatic rings. The first-order valence-electron chi connectivity index (χ1n) is 2.02. The Hall–Kier alpha value is 2.01. The van der Waals surface area contributed by atoms with Gasteiger partial charge in [0.15, 0.2) is 0 Å². The summed E-state index contributed by atoms with van der Waals surface area (Å²) in [5, 5.41) is 8.07. The van der Waals surface area contributed by atoms with Crippen LogP contribution in [-0.2, 0) is 0 Å². The second-order valence-corrected chi connectivity index (χ2v) is 1.08. The van der Waals surface area contributed by atoms with Gasteiger partial charge in [-0.2, -0.15) is 0 Å². The van der Waals surface area contributed by atoms with E-state index >= 15 is 0 Å². The first-order chi connectivity index (χ1) is 2.41. The minimum atomic E-state index is 0. The molecule has 0 bridgehead atoms. The van der Waals surface area contributed by atoms with Gasteiger partial charge in [-0.25, -0.2) is 0 Å². The number of hydrogen-bond acceptors (Lipinski definition) is 1. The van der Waals surface area contributed by atoms with Crippen molar-refractivity contribution in [1.29, 1.82) is 0 Å². The van der Waals surface area contributed by atoms with E-state index in [1.165, 1.54) is 0 Å². The van der Waals surface area contributed by atoms with E-state index in [2.05, 4.69) is 6.92 Å². The molecule has 6 heavy (non-hydrogen) atoms. The van der Waals surface area contributed by atoms with Gasteiger partial charge in [-0.3, -0.25) is 0 Å². The van der Waals surface area contributed by atoms with Crippen molar-refractivity contribution in [3.63, 3.8) is 0 Å². The minimum Gasteiger partial charge on any atom is -0.396 e. The third-order valence-electron chi connectivity index (χ3n) is 0.512. The first kappa shape index (κ1) is 10.9. The molecule has 1 nitrogen and oxygen atoms in total. The summed E-state index contributed by atoms with van der Waals surface area (Å²) in [6, 6.07) is 0. The van der Waals surface area contributed by atoms with Gasteiger partial charge in [0.25, 0.3) is 0 Å². The van der Waals surface area contributed by atoms with Gasteiger partial charge in [-0.05, 0) is 6.42 Å². The van der Waals surface area contributed by atoms with Crippen LogP contribution in [0.5, 0.6) is 0 Å². The van der Waals surface area contributed by atoms with Crippen molar-refractivity contribution < 1.29 is 5.11 Å². The Kier molecular flexibility index (Phi) is 18.3. The quantitative estimate of drug-likeness (QED) is 0.694. The van der Waals surface area contributed by atoms with Crippen LogP contribution in [0.4, 0.5) is 0 Å². The third kappa shape index (κ3) is 9.38. The Balaban J connectivity index is 0. The Labute approximate surface area is 97.9 Å². The van der Waals surface area contributed by atoms with Gasteiger partial charge in [-0.15, -0.1) is 0 Å². The van der Waals surface area contributed by atoms with Gasteiger partial charge < -0.3 is 5.11 Å². The van der Waals surface area contributed by atoms with Gasteiger partial charge >= 0.3 is 0 Å². The number of aliphatic hydroxyl groups is 1. The van der Waals surface area contributed by atoms with Crippen LogP contribution >= 0.6 is 0 Å². The molecule has 0 atom stereocenters. The maximum atomic E-state index is 8.07. The van der Waals surface area contributed by atoms with Crippen LogP contribution in [0, 0.1) is 0 Å². The molecular weight excluding hydrogens is 197 g/mol. The summed E-state index contributed by atoms with van der Waals surface area (Å²) in [5.41, 5.74) is 0. The minimum absolute atomic E-state index is 0. The Morgan fingerprint density at radius 1 is 1.50 bits per heavy atom. The summed E-state index contributed by atoms with van der Waals surface area (Å²) in [4.78, 5) is 0. The predicted octanol–water partition coefficient (Wildman–Crippen LogP) is 0.398. The average Bonchev–Trinajstić information content (AvgIpc) is 1.41. The molecule has 0 aromatic heterocycles. The topological polar surface area (TPSA) is 20.2 Å². The summed E-state index contributed by atoms with van der Waals surface area (Å²) < 4.78 is 0. The standard InChI is InChI=1S/C4H10O.Cs/c1-2-3-4-5;/h5H,2-4H2,1H3;. The van der Waals surface area contributed by atoms with E-state index < -0.39 is 0 Å². The van der Waals surface area contributed by atoms with E-state index in [-0.39, 0.29) is 68.9 Å². The maximum Gasteiger partial charge on any atom is 0.0430 e. The van der Waals surface area contributed by atoms with Crippen LogP contribution in [0.3, 0.4) is 0 Å². The van der Waals surface area contributed by atoms with Crippen LogP contribution in [0.15, 0.2) is 0 Å². The van der Waals surface area contributed by atoms with Crippen LogP contribution in [-0.4, -0.2) is 80.6 Å². The second kappa shape index (κ2) is 10.1. The Morgan fingerprint density at radius 2 is 2.00 bits per heavy atom. The average molecular weight is 207 g/mol. The molecule has 1 N–H and O–H groups in total. The van der Waals surface area contributed by atoms with Crippen molar-refractivity contribution in [2.45, 2.75) is 19.8 Å². The van der Waals surface area contributed by atoms with Crippen molar-refractivity contribution in [1.82, 2.24) is 0 Å². The molecule has 0 aromatic carbocycles. The van der Waals surface area contributed by atoms with Crippen LogP contribution in [0.2, 0.25) is 0 Å². The molecule has 0 saturated heterocycles. The van der Waals surface area contributed by atoms with Gasteiger partial charge in [0.1, 0.15) is 0 Å². The molecule has 0 aliphatic heterocycles. The summed E-state index contributed by atoms with van der Waals surface area (Å²) in [6.45, 7) is 2.40. The summed E-state index contributed by atoms with van der Waals surface area (Å²) in [7, 11) is 0. The SMILES string of the molecule is CCCCO.[Cs]. The van der Waals surface area contributed by atoms with Gasteiger partial charge in [0.2, 0.25) is 0 Å². The van der Waals surface area contributed by atoms with Crippen molar-refractivity contribution in [3.05, 3.63) is 0 Å². The van der Waals surface area contributed by atoms with E-state index in [1.807, 2.05) is 0 Å². The summed E-state index contributed by atoms with van der Waals surface area (Å²) >= 11 is 0. The van der Waals surface area contributed by atoms with E-state index in [4.69, 9.17) is 5.11 Å². The van der Waals surface area contributed by atoms with Crippen LogP contribution < -0.4 is 0 Å². The van der Waals surface area contributed by atoms with Crippen LogP contribution in [0.25, 0.3) is 0 Å². The Morgan fingerprint density at radius 3 is 2.00 bits per heavy atom. The van der Waals surface area contributed by atoms with Crippen LogP contribution in [0.1, 0.15) is 19.8 Å². The normalized spacial score (nSPS) is 7.00. The largest absolute Gasteiger partial charge is 0.396 e. The second-order valence-electron chi connectivity index (χ2n) is 1.08. The van der Waals surface area contributed by atoms with E-state index in [0.29, 0.717) is 6.61 Å². The molecule has 0 fully saturated rings. The number of aliphatic hydroxyl groups excluding tert-OH is 1. The molecule has 33 valence electrons. The monoisotopic (exact) mass is 207 g/mol. The number of hydrogen-bond donors (Lipinski definition) is 1. The number of unbranched alkanes of at least 4 members (excludes halogenated alkanes) is 1. The zero-order valence-electron chi connectivity index (χ0n) is 4.57.